The fourth-order valence-corrected chi connectivity index (χ4v) is 3.56. The lowest BCUT2D eigenvalue weighted by molar-refractivity contribution is -0.387. The number of hydrogen-bond acceptors (Lipinski definition) is 7. The molecule has 23 heavy (non-hydrogen) atoms. The Labute approximate surface area is 134 Å². The molecule has 0 aliphatic rings. The zero-order chi connectivity index (χ0) is 17.6. The molecule has 10 heteroatoms. The van der Waals surface area contributed by atoms with Crippen LogP contribution in [0.25, 0.3) is 0 Å². The van der Waals surface area contributed by atoms with Crippen LogP contribution >= 0.6 is 0 Å². The number of aliphatic hydroxyl groups is 1. The molecule has 0 amide bonds. The van der Waals surface area contributed by atoms with Crippen molar-refractivity contribution in [2.75, 3.05) is 14.2 Å². The van der Waals surface area contributed by atoms with E-state index in [4.69, 9.17) is 9.47 Å². The molecule has 9 nitrogen and oxygen atoms in total. The zero-order valence-electron chi connectivity index (χ0n) is 13.0. The van der Waals surface area contributed by atoms with Gasteiger partial charge in [0.2, 0.25) is 10.0 Å². The number of sulfonamides is 1. The number of nitro groups is 1. The molecule has 1 aromatic carbocycles. The Morgan fingerprint density at radius 1 is 1.30 bits per heavy atom. The van der Waals surface area contributed by atoms with Crippen molar-refractivity contribution in [1.82, 2.24) is 4.72 Å². The second-order valence-electron chi connectivity index (χ2n) is 4.69. The van der Waals surface area contributed by atoms with Gasteiger partial charge in [-0.25, -0.2) is 13.1 Å². The first-order valence-corrected chi connectivity index (χ1v) is 8.26. The van der Waals surface area contributed by atoms with Crippen molar-refractivity contribution in [1.29, 1.82) is 0 Å². The molecule has 0 aromatic heterocycles. The fourth-order valence-electron chi connectivity index (χ4n) is 2.06. The highest BCUT2D eigenvalue weighted by molar-refractivity contribution is 7.89. The molecule has 0 saturated carbocycles. The third-order valence-electron chi connectivity index (χ3n) is 3.25. The predicted molar refractivity (Wildman–Crippen MR) is 81.3 cm³/mol. The number of rotatable bonds is 9. The molecule has 0 saturated heterocycles. The normalized spacial score (nSPS) is 14.7. The quantitative estimate of drug-likeness (QED) is 0.380. The van der Waals surface area contributed by atoms with Crippen molar-refractivity contribution in [2.24, 2.45) is 0 Å². The van der Waals surface area contributed by atoms with Gasteiger partial charge >= 0.3 is 0 Å². The molecule has 0 fully saturated rings. The average Bonchev–Trinajstić information content (AvgIpc) is 2.53. The molecule has 0 radical (unpaired) electrons. The van der Waals surface area contributed by atoms with Crippen molar-refractivity contribution >= 4 is 15.7 Å². The maximum atomic E-state index is 12.4. The summed E-state index contributed by atoms with van der Waals surface area (Å²) in [6, 6.07) is 4.04. The summed E-state index contributed by atoms with van der Waals surface area (Å²) in [4.78, 5) is 9.73. The SMILES string of the molecule is CC[C@@H](NS(=O)(=O)c1ccccc1[N+](=O)[O-])[C@H](O)C(OC)OC. The lowest BCUT2D eigenvalue weighted by Crippen LogP contribution is -2.49. The Balaban J connectivity index is 3.12. The number of para-hydroxylation sites is 1. The van der Waals surface area contributed by atoms with E-state index in [1.165, 1.54) is 26.4 Å². The molecule has 0 heterocycles. The van der Waals surface area contributed by atoms with Gasteiger partial charge in [-0.3, -0.25) is 10.1 Å². The standard InChI is InChI=1S/C13H20N2O7S/c1-4-9(12(16)13(21-2)22-3)14-23(19,20)11-8-6-5-7-10(11)15(17)18/h5-9,12-14,16H,4H2,1-3H3/t9-,12+/m1/s1. The van der Waals surface area contributed by atoms with Crippen LogP contribution in [0, 0.1) is 10.1 Å². The zero-order valence-corrected chi connectivity index (χ0v) is 13.8. The molecule has 1 rings (SSSR count). The van der Waals surface area contributed by atoms with E-state index in [1.54, 1.807) is 6.92 Å². The van der Waals surface area contributed by atoms with E-state index in [9.17, 15) is 23.6 Å². The van der Waals surface area contributed by atoms with Gasteiger partial charge in [0.15, 0.2) is 11.2 Å². The molecule has 0 aliphatic carbocycles. The summed E-state index contributed by atoms with van der Waals surface area (Å²) < 4.78 is 36.9. The largest absolute Gasteiger partial charge is 0.386 e. The number of nitro benzene ring substituents is 1. The lowest BCUT2D eigenvalue weighted by atomic mass is 10.1. The molecular formula is C13H20N2O7S. The Hall–Kier alpha value is -1.59. The Bertz CT molecular complexity index is 631. The summed E-state index contributed by atoms with van der Waals surface area (Å²) >= 11 is 0. The number of benzene rings is 1. The van der Waals surface area contributed by atoms with Gasteiger partial charge in [0, 0.05) is 20.3 Å². The van der Waals surface area contributed by atoms with E-state index >= 15 is 0 Å². The first kappa shape index (κ1) is 19.5. The number of nitrogens with zero attached hydrogens (tertiary/aromatic N) is 1. The van der Waals surface area contributed by atoms with Crippen molar-refractivity contribution in [3.63, 3.8) is 0 Å². The number of nitrogens with one attached hydrogen (secondary N) is 1. The van der Waals surface area contributed by atoms with Gasteiger partial charge in [0.1, 0.15) is 6.10 Å². The van der Waals surface area contributed by atoms with Gasteiger partial charge in [-0.15, -0.1) is 0 Å². The fraction of sp³-hybridized carbons (Fsp3) is 0.538. The van der Waals surface area contributed by atoms with Crippen LogP contribution in [-0.4, -0.2) is 51.1 Å². The van der Waals surface area contributed by atoms with Crippen LogP contribution in [0.4, 0.5) is 5.69 Å². The highest BCUT2D eigenvalue weighted by Gasteiger charge is 2.33. The van der Waals surface area contributed by atoms with Crippen LogP contribution in [0.15, 0.2) is 29.2 Å². The van der Waals surface area contributed by atoms with Crippen LogP contribution < -0.4 is 4.72 Å². The predicted octanol–water partition coefficient (Wildman–Crippen LogP) is 0.631. The average molecular weight is 348 g/mol. The lowest BCUT2D eigenvalue weighted by Gasteiger charge is -2.27. The van der Waals surface area contributed by atoms with Crippen LogP contribution in [0.2, 0.25) is 0 Å². The number of hydrogen-bond donors (Lipinski definition) is 2. The smallest absolute Gasteiger partial charge is 0.289 e. The van der Waals surface area contributed by atoms with E-state index < -0.39 is 44.0 Å². The Kier molecular flexibility index (Phi) is 7.03. The summed E-state index contributed by atoms with van der Waals surface area (Å²) in [5.74, 6) is 0. The van der Waals surface area contributed by atoms with Crippen LogP contribution in [0.5, 0.6) is 0 Å². The molecule has 2 atom stereocenters. The summed E-state index contributed by atoms with van der Waals surface area (Å²) in [6.45, 7) is 1.65. The van der Waals surface area contributed by atoms with E-state index in [0.29, 0.717) is 0 Å². The highest BCUT2D eigenvalue weighted by Crippen LogP contribution is 2.23. The molecule has 0 spiro atoms. The molecule has 0 unspecified atom stereocenters. The third kappa shape index (κ3) is 4.69. The van der Waals surface area contributed by atoms with Gasteiger partial charge in [0.05, 0.1) is 11.0 Å². The third-order valence-corrected chi connectivity index (χ3v) is 4.79. The van der Waals surface area contributed by atoms with Crippen molar-refractivity contribution in [2.45, 2.75) is 36.7 Å². The molecule has 2 N–H and O–H groups in total. The van der Waals surface area contributed by atoms with E-state index in [2.05, 4.69) is 4.72 Å². The van der Waals surface area contributed by atoms with Crippen LogP contribution in [0.3, 0.4) is 0 Å². The highest BCUT2D eigenvalue weighted by atomic mass is 32.2. The topological polar surface area (TPSA) is 128 Å². The number of aliphatic hydroxyl groups excluding tert-OH is 1. The van der Waals surface area contributed by atoms with Crippen molar-refractivity contribution < 1.29 is 27.9 Å². The van der Waals surface area contributed by atoms with Crippen molar-refractivity contribution in [3.8, 4) is 0 Å². The molecule has 0 bridgehead atoms. The minimum Gasteiger partial charge on any atom is -0.386 e. The van der Waals surface area contributed by atoms with Gasteiger partial charge in [0.25, 0.3) is 5.69 Å². The minimum absolute atomic E-state index is 0.226. The minimum atomic E-state index is -4.21. The molecule has 130 valence electrons. The summed E-state index contributed by atoms with van der Waals surface area (Å²) in [5.41, 5.74) is -0.542. The second kappa shape index (κ2) is 8.31. The van der Waals surface area contributed by atoms with Gasteiger partial charge in [-0.05, 0) is 12.5 Å². The van der Waals surface area contributed by atoms with Crippen LogP contribution in [0.1, 0.15) is 13.3 Å². The maximum absolute atomic E-state index is 12.4. The molecule has 1 aromatic rings. The van der Waals surface area contributed by atoms with Crippen molar-refractivity contribution in [3.05, 3.63) is 34.4 Å². The Morgan fingerprint density at radius 2 is 1.87 bits per heavy atom. The Morgan fingerprint density at radius 3 is 2.35 bits per heavy atom. The summed E-state index contributed by atoms with van der Waals surface area (Å²) in [6.07, 6.45) is -2.09. The first-order valence-electron chi connectivity index (χ1n) is 6.77. The molecular weight excluding hydrogens is 328 g/mol. The van der Waals surface area contributed by atoms with Gasteiger partial charge in [-0.1, -0.05) is 19.1 Å². The monoisotopic (exact) mass is 348 g/mol. The summed E-state index contributed by atoms with van der Waals surface area (Å²) in [5, 5.41) is 21.1. The molecule has 0 aliphatic heterocycles. The van der Waals surface area contributed by atoms with E-state index in [-0.39, 0.29) is 6.42 Å². The summed E-state index contributed by atoms with van der Waals surface area (Å²) in [7, 11) is -1.59. The van der Waals surface area contributed by atoms with Gasteiger partial charge in [-0.2, -0.15) is 0 Å². The van der Waals surface area contributed by atoms with Gasteiger partial charge < -0.3 is 14.6 Å². The first-order chi connectivity index (χ1) is 10.8. The number of methoxy groups -OCH3 is 2. The number of ether oxygens (including phenoxy) is 2. The van der Waals surface area contributed by atoms with Crippen LogP contribution in [-0.2, 0) is 19.5 Å². The maximum Gasteiger partial charge on any atom is 0.289 e. The van der Waals surface area contributed by atoms with E-state index in [0.717, 1.165) is 12.1 Å². The second-order valence-corrected chi connectivity index (χ2v) is 6.37. The van der Waals surface area contributed by atoms with E-state index in [1.807, 2.05) is 0 Å².